The lowest BCUT2D eigenvalue weighted by molar-refractivity contribution is -0.0240. The SMILES string of the molecule is C=CCOC(C)CC(O)COC(C)C. The summed E-state index contributed by atoms with van der Waals surface area (Å²) < 4.78 is 10.6. The number of hydrogen-bond donors (Lipinski definition) is 1. The van der Waals surface area contributed by atoms with E-state index >= 15 is 0 Å². The molecule has 0 aliphatic carbocycles. The fourth-order valence-electron chi connectivity index (χ4n) is 1.06. The van der Waals surface area contributed by atoms with Crippen LogP contribution in [0.15, 0.2) is 12.7 Å². The van der Waals surface area contributed by atoms with Crippen molar-refractivity contribution in [3.8, 4) is 0 Å². The van der Waals surface area contributed by atoms with E-state index in [9.17, 15) is 5.11 Å². The van der Waals surface area contributed by atoms with Gasteiger partial charge in [0.2, 0.25) is 0 Å². The summed E-state index contributed by atoms with van der Waals surface area (Å²) in [6.07, 6.45) is 2.05. The van der Waals surface area contributed by atoms with E-state index in [1.165, 1.54) is 0 Å². The Balaban J connectivity index is 3.49. The van der Waals surface area contributed by atoms with Gasteiger partial charge >= 0.3 is 0 Å². The summed E-state index contributed by atoms with van der Waals surface area (Å²) in [4.78, 5) is 0. The molecule has 2 atom stereocenters. The van der Waals surface area contributed by atoms with Crippen LogP contribution < -0.4 is 0 Å². The van der Waals surface area contributed by atoms with Gasteiger partial charge in [-0.3, -0.25) is 0 Å². The molecule has 0 aromatic carbocycles. The summed E-state index contributed by atoms with van der Waals surface area (Å²) in [5, 5.41) is 9.54. The first kappa shape index (κ1) is 13.6. The Morgan fingerprint density at radius 2 is 1.93 bits per heavy atom. The number of aliphatic hydroxyl groups excluding tert-OH is 1. The maximum Gasteiger partial charge on any atom is 0.0798 e. The van der Waals surface area contributed by atoms with Crippen LogP contribution in [0.4, 0.5) is 0 Å². The van der Waals surface area contributed by atoms with Crippen LogP contribution >= 0.6 is 0 Å². The summed E-state index contributed by atoms with van der Waals surface area (Å²) in [6, 6.07) is 0. The Hall–Kier alpha value is -0.380. The molecule has 0 aromatic rings. The van der Waals surface area contributed by atoms with Gasteiger partial charge in [-0.15, -0.1) is 6.58 Å². The standard InChI is InChI=1S/C11H22O3/c1-5-6-13-10(4)7-11(12)8-14-9(2)3/h5,9-12H,1,6-8H2,2-4H3. The molecule has 0 aromatic heterocycles. The van der Waals surface area contributed by atoms with Crippen molar-refractivity contribution in [2.45, 2.75) is 45.5 Å². The Bertz CT molecular complexity index is 145. The van der Waals surface area contributed by atoms with E-state index in [1.54, 1.807) is 6.08 Å². The minimum absolute atomic E-state index is 0.0405. The third-order valence-corrected chi connectivity index (χ3v) is 1.72. The van der Waals surface area contributed by atoms with E-state index in [4.69, 9.17) is 9.47 Å². The fourth-order valence-corrected chi connectivity index (χ4v) is 1.06. The molecule has 3 heteroatoms. The fraction of sp³-hybridized carbons (Fsp3) is 0.818. The smallest absolute Gasteiger partial charge is 0.0798 e. The zero-order valence-electron chi connectivity index (χ0n) is 9.40. The molecule has 0 saturated carbocycles. The lowest BCUT2D eigenvalue weighted by Crippen LogP contribution is -2.24. The zero-order chi connectivity index (χ0) is 11.0. The van der Waals surface area contributed by atoms with Crippen molar-refractivity contribution in [3.63, 3.8) is 0 Å². The number of ether oxygens (including phenoxy) is 2. The second-order valence-corrected chi connectivity index (χ2v) is 3.70. The molecule has 0 fully saturated rings. The summed E-state index contributed by atoms with van der Waals surface area (Å²) in [7, 11) is 0. The predicted molar refractivity (Wildman–Crippen MR) is 57.3 cm³/mol. The van der Waals surface area contributed by atoms with Crippen LogP contribution in [0.5, 0.6) is 0 Å². The third-order valence-electron chi connectivity index (χ3n) is 1.72. The van der Waals surface area contributed by atoms with Gasteiger partial charge in [0, 0.05) is 6.42 Å². The highest BCUT2D eigenvalue weighted by Crippen LogP contribution is 2.04. The van der Waals surface area contributed by atoms with Gasteiger partial charge in [0.05, 0.1) is 31.5 Å². The van der Waals surface area contributed by atoms with E-state index < -0.39 is 6.10 Å². The van der Waals surface area contributed by atoms with Crippen LogP contribution in [-0.4, -0.2) is 36.6 Å². The molecule has 0 rings (SSSR count). The van der Waals surface area contributed by atoms with E-state index in [1.807, 2.05) is 20.8 Å². The molecule has 84 valence electrons. The zero-order valence-corrected chi connectivity index (χ0v) is 9.40. The first-order valence-corrected chi connectivity index (χ1v) is 5.08. The summed E-state index contributed by atoms with van der Waals surface area (Å²) in [5.41, 5.74) is 0. The molecule has 0 aliphatic rings. The van der Waals surface area contributed by atoms with Crippen molar-refractivity contribution in [3.05, 3.63) is 12.7 Å². The molecule has 1 N–H and O–H groups in total. The molecule has 0 aliphatic heterocycles. The van der Waals surface area contributed by atoms with Gasteiger partial charge in [-0.25, -0.2) is 0 Å². The molecule has 2 unspecified atom stereocenters. The first-order valence-electron chi connectivity index (χ1n) is 5.08. The molecular formula is C11H22O3. The Morgan fingerprint density at radius 3 is 2.43 bits per heavy atom. The molecule has 0 saturated heterocycles. The largest absolute Gasteiger partial charge is 0.391 e. The van der Waals surface area contributed by atoms with Gasteiger partial charge in [0.15, 0.2) is 0 Å². The quantitative estimate of drug-likeness (QED) is 0.609. The van der Waals surface area contributed by atoms with Gasteiger partial charge < -0.3 is 14.6 Å². The van der Waals surface area contributed by atoms with Crippen LogP contribution in [0.2, 0.25) is 0 Å². The lowest BCUT2D eigenvalue weighted by atomic mass is 10.2. The highest BCUT2D eigenvalue weighted by atomic mass is 16.5. The molecule has 0 spiro atoms. The lowest BCUT2D eigenvalue weighted by Gasteiger charge is -2.17. The average molecular weight is 202 g/mol. The second kappa shape index (κ2) is 7.97. The molecule has 0 bridgehead atoms. The van der Waals surface area contributed by atoms with Crippen LogP contribution in [0.25, 0.3) is 0 Å². The van der Waals surface area contributed by atoms with Gasteiger partial charge in [0.25, 0.3) is 0 Å². The molecular weight excluding hydrogens is 180 g/mol. The first-order chi connectivity index (χ1) is 6.56. The normalized spacial score (nSPS) is 15.5. The van der Waals surface area contributed by atoms with Crippen molar-refractivity contribution in [1.82, 2.24) is 0 Å². The maximum absolute atomic E-state index is 9.54. The van der Waals surface area contributed by atoms with Gasteiger partial charge in [0.1, 0.15) is 0 Å². The Labute approximate surface area is 86.7 Å². The predicted octanol–water partition coefficient (Wildman–Crippen LogP) is 1.75. The van der Waals surface area contributed by atoms with E-state index in [0.29, 0.717) is 19.6 Å². The highest BCUT2D eigenvalue weighted by Gasteiger charge is 2.10. The Kier molecular flexibility index (Phi) is 7.76. The van der Waals surface area contributed by atoms with Gasteiger partial charge in [-0.05, 0) is 20.8 Å². The van der Waals surface area contributed by atoms with Crippen LogP contribution in [0, 0.1) is 0 Å². The van der Waals surface area contributed by atoms with Crippen LogP contribution in [0.3, 0.4) is 0 Å². The van der Waals surface area contributed by atoms with Crippen molar-refractivity contribution in [2.24, 2.45) is 0 Å². The monoisotopic (exact) mass is 202 g/mol. The Morgan fingerprint density at radius 1 is 1.29 bits per heavy atom. The minimum atomic E-state index is -0.447. The van der Waals surface area contributed by atoms with E-state index in [-0.39, 0.29) is 12.2 Å². The van der Waals surface area contributed by atoms with Gasteiger partial charge in [-0.2, -0.15) is 0 Å². The number of hydrogen-bond acceptors (Lipinski definition) is 3. The maximum atomic E-state index is 9.54. The van der Waals surface area contributed by atoms with Crippen LogP contribution in [0.1, 0.15) is 27.2 Å². The summed E-state index contributed by atoms with van der Waals surface area (Å²) in [5.74, 6) is 0. The molecule has 0 heterocycles. The van der Waals surface area contributed by atoms with Gasteiger partial charge in [-0.1, -0.05) is 6.08 Å². The highest BCUT2D eigenvalue weighted by molar-refractivity contribution is 4.67. The molecule has 3 nitrogen and oxygen atoms in total. The van der Waals surface area contributed by atoms with Crippen molar-refractivity contribution in [1.29, 1.82) is 0 Å². The number of rotatable bonds is 8. The minimum Gasteiger partial charge on any atom is -0.391 e. The summed E-state index contributed by atoms with van der Waals surface area (Å²) in [6.45, 7) is 10.3. The van der Waals surface area contributed by atoms with Crippen LogP contribution in [-0.2, 0) is 9.47 Å². The topological polar surface area (TPSA) is 38.7 Å². The van der Waals surface area contributed by atoms with Crippen molar-refractivity contribution >= 4 is 0 Å². The van der Waals surface area contributed by atoms with E-state index in [2.05, 4.69) is 6.58 Å². The van der Waals surface area contributed by atoms with E-state index in [0.717, 1.165) is 0 Å². The number of aliphatic hydroxyl groups is 1. The molecule has 14 heavy (non-hydrogen) atoms. The molecule has 0 radical (unpaired) electrons. The van der Waals surface area contributed by atoms with Crippen molar-refractivity contribution in [2.75, 3.05) is 13.2 Å². The summed E-state index contributed by atoms with van der Waals surface area (Å²) >= 11 is 0. The third kappa shape index (κ3) is 8.23. The average Bonchev–Trinajstić information content (AvgIpc) is 2.11. The second-order valence-electron chi connectivity index (χ2n) is 3.70. The van der Waals surface area contributed by atoms with Crippen molar-refractivity contribution < 1.29 is 14.6 Å². The molecule has 0 amide bonds.